The molecule has 0 aliphatic heterocycles. The van der Waals surface area contributed by atoms with E-state index in [2.05, 4.69) is 15.5 Å². The maximum absolute atomic E-state index is 12.2. The molecule has 1 amide bonds. The molecule has 21 heavy (non-hydrogen) atoms. The minimum atomic E-state index is -0.623. The Kier molecular flexibility index (Phi) is 4.75. The number of hydrogen-bond acceptors (Lipinski definition) is 3. The van der Waals surface area contributed by atoms with Gasteiger partial charge < -0.3 is 10.1 Å². The van der Waals surface area contributed by atoms with Gasteiger partial charge in [0.15, 0.2) is 5.82 Å². The van der Waals surface area contributed by atoms with Gasteiger partial charge in [-0.05, 0) is 26.3 Å². The number of amides is 1. The molecule has 0 spiro atoms. The summed E-state index contributed by atoms with van der Waals surface area (Å²) in [6.07, 6.45) is 0. The van der Waals surface area contributed by atoms with Gasteiger partial charge in [-0.2, -0.15) is 5.10 Å². The molecule has 1 aromatic carbocycles. The number of carbonyl (C=O) groups is 1. The van der Waals surface area contributed by atoms with Gasteiger partial charge in [0.05, 0.1) is 18.6 Å². The largest absolute Gasteiger partial charge is 0.376 e. The van der Waals surface area contributed by atoms with Crippen LogP contribution in [0.4, 0.5) is 5.82 Å². The lowest BCUT2D eigenvalue weighted by atomic mass is 9.93. The van der Waals surface area contributed by atoms with Gasteiger partial charge in [-0.3, -0.25) is 9.89 Å². The molecule has 0 aliphatic carbocycles. The summed E-state index contributed by atoms with van der Waals surface area (Å²) in [6.45, 7) is 6.44. The first-order valence-corrected chi connectivity index (χ1v) is 6.92. The fourth-order valence-corrected chi connectivity index (χ4v) is 1.83. The SMILES string of the molecule is Cc1cc(NC(=O)C(C)(C)COCc2ccccc2)n[nH]1. The normalized spacial score (nSPS) is 11.4. The summed E-state index contributed by atoms with van der Waals surface area (Å²) in [6, 6.07) is 11.7. The smallest absolute Gasteiger partial charge is 0.233 e. The van der Waals surface area contributed by atoms with E-state index in [1.54, 1.807) is 6.07 Å². The van der Waals surface area contributed by atoms with Crippen molar-refractivity contribution in [1.82, 2.24) is 10.2 Å². The van der Waals surface area contributed by atoms with Crippen LogP contribution in [0.3, 0.4) is 0 Å². The molecule has 1 aromatic heterocycles. The van der Waals surface area contributed by atoms with Crippen molar-refractivity contribution in [3.63, 3.8) is 0 Å². The molecule has 0 bridgehead atoms. The predicted molar refractivity (Wildman–Crippen MR) is 81.8 cm³/mol. The molecule has 112 valence electrons. The standard InChI is InChI=1S/C16H21N3O2/c1-12-9-14(19-18-12)17-15(20)16(2,3)11-21-10-13-7-5-4-6-8-13/h4-9H,10-11H2,1-3H3,(H2,17,18,19,20). The van der Waals surface area contributed by atoms with Crippen molar-refractivity contribution < 1.29 is 9.53 Å². The van der Waals surface area contributed by atoms with Crippen LogP contribution in [0.2, 0.25) is 0 Å². The number of aromatic nitrogens is 2. The predicted octanol–water partition coefficient (Wildman–Crippen LogP) is 2.90. The number of aryl methyl sites for hydroxylation is 1. The van der Waals surface area contributed by atoms with E-state index in [0.717, 1.165) is 11.3 Å². The highest BCUT2D eigenvalue weighted by Crippen LogP contribution is 2.19. The second kappa shape index (κ2) is 6.54. The molecule has 5 heteroatoms. The first-order valence-electron chi connectivity index (χ1n) is 6.92. The highest BCUT2D eigenvalue weighted by molar-refractivity contribution is 5.94. The summed E-state index contributed by atoms with van der Waals surface area (Å²) < 4.78 is 5.66. The summed E-state index contributed by atoms with van der Waals surface area (Å²) >= 11 is 0. The van der Waals surface area contributed by atoms with E-state index in [1.807, 2.05) is 51.1 Å². The van der Waals surface area contributed by atoms with Crippen LogP contribution in [0.25, 0.3) is 0 Å². The van der Waals surface area contributed by atoms with Crippen molar-refractivity contribution in [3.8, 4) is 0 Å². The average molecular weight is 287 g/mol. The number of nitrogens with one attached hydrogen (secondary N) is 2. The molecule has 0 aliphatic rings. The van der Waals surface area contributed by atoms with Crippen molar-refractivity contribution in [3.05, 3.63) is 47.7 Å². The molecule has 1 heterocycles. The number of hydrogen-bond donors (Lipinski definition) is 2. The Balaban J connectivity index is 1.84. The molecule has 0 fully saturated rings. The van der Waals surface area contributed by atoms with Gasteiger partial charge in [0, 0.05) is 11.8 Å². The number of H-pyrrole nitrogens is 1. The molecule has 0 saturated carbocycles. The zero-order chi connectivity index (χ0) is 15.3. The Morgan fingerprint density at radius 3 is 2.67 bits per heavy atom. The van der Waals surface area contributed by atoms with Crippen LogP contribution in [0.15, 0.2) is 36.4 Å². The van der Waals surface area contributed by atoms with Gasteiger partial charge in [-0.1, -0.05) is 30.3 Å². The van der Waals surface area contributed by atoms with Crippen LogP contribution >= 0.6 is 0 Å². The van der Waals surface area contributed by atoms with E-state index in [4.69, 9.17) is 4.74 Å². The van der Waals surface area contributed by atoms with Crippen molar-refractivity contribution in [2.45, 2.75) is 27.4 Å². The zero-order valence-electron chi connectivity index (χ0n) is 12.6. The van der Waals surface area contributed by atoms with Crippen molar-refractivity contribution in [1.29, 1.82) is 0 Å². The minimum absolute atomic E-state index is 0.109. The summed E-state index contributed by atoms with van der Waals surface area (Å²) in [5.41, 5.74) is 1.38. The monoisotopic (exact) mass is 287 g/mol. The van der Waals surface area contributed by atoms with E-state index < -0.39 is 5.41 Å². The average Bonchev–Trinajstić information content (AvgIpc) is 2.85. The number of anilines is 1. The van der Waals surface area contributed by atoms with Crippen LogP contribution in [0.1, 0.15) is 25.1 Å². The third kappa shape index (κ3) is 4.43. The van der Waals surface area contributed by atoms with Gasteiger partial charge in [0.1, 0.15) is 0 Å². The lowest BCUT2D eigenvalue weighted by Gasteiger charge is -2.22. The van der Waals surface area contributed by atoms with E-state index >= 15 is 0 Å². The Morgan fingerprint density at radius 1 is 1.33 bits per heavy atom. The van der Waals surface area contributed by atoms with E-state index in [9.17, 15) is 4.79 Å². The van der Waals surface area contributed by atoms with Gasteiger partial charge in [0.25, 0.3) is 0 Å². The summed E-state index contributed by atoms with van der Waals surface area (Å²) in [5, 5.41) is 9.58. The topological polar surface area (TPSA) is 67.0 Å². The summed E-state index contributed by atoms with van der Waals surface area (Å²) in [5.74, 6) is 0.427. The number of carbonyl (C=O) groups excluding carboxylic acids is 1. The lowest BCUT2D eigenvalue weighted by Crippen LogP contribution is -2.35. The van der Waals surface area contributed by atoms with Crippen molar-refractivity contribution in [2.24, 2.45) is 5.41 Å². The van der Waals surface area contributed by atoms with E-state index in [-0.39, 0.29) is 5.91 Å². The molecule has 5 nitrogen and oxygen atoms in total. The van der Waals surface area contributed by atoms with Crippen LogP contribution < -0.4 is 5.32 Å². The maximum Gasteiger partial charge on any atom is 0.233 e. The molecule has 2 aromatic rings. The Hall–Kier alpha value is -2.14. The molecule has 2 N–H and O–H groups in total. The van der Waals surface area contributed by atoms with Gasteiger partial charge >= 0.3 is 0 Å². The number of rotatable bonds is 6. The third-order valence-corrected chi connectivity index (χ3v) is 3.14. The summed E-state index contributed by atoms with van der Waals surface area (Å²) in [7, 11) is 0. The lowest BCUT2D eigenvalue weighted by molar-refractivity contribution is -0.127. The zero-order valence-corrected chi connectivity index (χ0v) is 12.6. The Bertz CT molecular complexity index is 591. The van der Waals surface area contributed by atoms with Crippen LogP contribution in [-0.4, -0.2) is 22.7 Å². The Morgan fingerprint density at radius 2 is 2.05 bits per heavy atom. The molecular weight excluding hydrogens is 266 g/mol. The Labute approximate surface area is 124 Å². The molecule has 0 atom stereocenters. The second-order valence-corrected chi connectivity index (χ2v) is 5.75. The second-order valence-electron chi connectivity index (χ2n) is 5.75. The first-order chi connectivity index (χ1) is 9.97. The van der Waals surface area contributed by atoms with Crippen LogP contribution in [0.5, 0.6) is 0 Å². The highest BCUT2D eigenvalue weighted by Gasteiger charge is 2.28. The van der Waals surface area contributed by atoms with Gasteiger partial charge in [-0.15, -0.1) is 0 Å². The molecule has 2 rings (SSSR count). The molecule has 0 saturated heterocycles. The minimum Gasteiger partial charge on any atom is -0.376 e. The number of ether oxygens (including phenoxy) is 1. The highest BCUT2D eigenvalue weighted by atomic mass is 16.5. The van der Waals surface area contributed by atoms with Crippen LogP contribution in [-0.2, 0) is 16.1 Å². The maximum atomic E-state index is 12.2. The fourth-order valence-electron chi connectivity index (χ4n) is 1.83. The van der Waals surface area contributed by atoms with Gasteiger partial charge in [0.2, 0.25) is 5.91 Å². The quantitative estimate of drug-likeness (QED) is 0.858. The van der Waals surface area contributed by atoms with E-state index in [1.165, 1.54) is 0 Å². The number of nitrogens with zero attached hydrogens (tertiary/aromatic N) is 1. The summed E-state index contributed by atoms with van der Waals surface area (Å²) in [4.78, 5) is 12.2. The first kappa shape index (κ1) is 15.3. The number of aromatic amines is 1. The molecular formula is C16H21N3O2. The van der Waals surface area contributed by atoms with Gasteiger partial charge in [-0.25, -0.2) is 0 Å². The van der Waals surface area contributed by atoms with Crippen LogP contribution in [0, 0.1) is 12.3 Å². The van der Waals surface area contributed by atoms with Crippen molar-refractivity contribution in [2.75, 3.05) is 11.9 Å². The molecule has 0 radical (unpaired) electrons. The fraction of sp³-hybridized carbons (Fsp3) is 0.375. The van der Waals surface area contributed by atoms with Crippen molar-refractivity contribution >= 4 is 11.7 Å². The number of benzene rings is 1. The molecule has 0 unspecified atom stereocenters. The third-order valence-electron chi connectivity index (χ3n) is 3.14. The van der Waals surface area contributed by atoms with E-state index in [0.29, 0.717) is 19.0 Å².